The summed E-state index contributed by atoms with van der Waals surface area (Å²) in [6, 6.07) is 21.8. The van der Waals surface area contributed by atoms with E-state index in [0.29, 0.717) is 29.2 Å². The number of nitrogens with two attached hydrogens (primary N) is 1. The largest absolute Gasteiger partial charge is 0.398 e. The summed E-state index contributed by atoms with van der Waals surface area (Å²) in [5.74, 6) is 0.00737. The van der Waals surface area contributed by atoms with Crippen LogP contribution in [0.25, 0.3) is 5.70 Å². The highest BCUT2D eigenvalue weighted by Crippen LogP contribution is 2.20. The van der Waals surface area contributed by atoms with Crippen LogP contribution in [0.5, 0.6) is 0 Å². The second-order valence-corrected chi connectivity index (χ2v) is 8.84. The van der Waals surface area contributed by atoms with E-state index in [1.165, 1.54) is 6.07 Å². The van der Waals surface area contributed by atoms with Gasteiger partial charge in [-0.15, -0.1) is 0 Å². The van der Waals surface area contributed by atoms with Crippen LogP contribution < -0.4 is 21.3 Å². The molecule has 0 unspecified atom stereocenters. The van der Waals surface area contributed by atoms with E-state index >= 15 is 0 Å². The van der Waals surface area contributed by atoms with Crippen molar-refractivity contribution in [1.82, 2.24) is 0 Å². The Morgan fingerprint density at radius 1 is 1.00 bits per heavy atom. The number of nitrogens with one attached hydrogen (secondary N) is 2. The molecular weight excluding hydrogens is 481 g/mol. The van der Waals surface area contributed by atoms with Gasteiger partial charge in [-0.2, -0.15) is 0 Å². The average molecular weight is 514 g/mol. The zero-order chi connectivity index (χ0) is 26.7. The molecule has 0 spiro atoms. The number of carbonyl (C=O) groups is 1. The summed E-state index contributed by atoms with van der Waals surface area (Å²) in [6.45, 7) is 7.24. The highest BCUT2D eigenvalue weighted by Gasteiger charge is 2.11. The molecule has 1 fully saturated rings. The minimum Gasteiger partial charge on any atom is -0.398 e. The van der Waals surface area contributed by atoms with Crippen molar-refractivity contribution in [2.24, 2.45) is 10.7 Å². The van der Waals surface area contributed by atoms with Crippen molar-refractivity contribution in [3.63, 3.8) is 0 Å². The molecule has 1 heterocycles. The number of halogens is 1. The third-order valence-electron chi connectivity index (χ3n) is 6.10. The van der Waals surface area contributed by atoms with Crippen molar-refractivity contribution in [2.45, 2.75) is 12.8 Å². The van der Waals surface area contributed by atoms with Crippen molar-refractivity contribution >= 4 is 34.9 Å². The Morgan fingerprint density at radius 3 is 2.37 bits per heavy atom. The third-order valence-corrected chi connectivity index (χ3v) is 6.10. The van der Waals surface area contributed by atoms with Crippen LogP contribution in [0.1, 0.15) is 17.5 Å². The zero-order valence-corrected chi connectivity index (χ0v) is 21.2. The fourth-order valence-corrected chi connectivity index (χ4v) is 4.00. The van der Waals surface area contributed by atoms with Crippen molar-refractivity contribution in [2.75, 3.05) is 41.8 Å². The van der Waals surface area contributed by atoms with Crippen LogP contribution >= 0.6 is 0 Å². The number of rotatable bonds is 10. The first kappa shape index (κ1) is 26.6. The van der Waals surface area contributed by atoms with Crippen molar-refractivity contribution in [1.29, 1.82) is 0 Å². The number of aliphatic imine (C=N–C) groups is 1. The number of anilines is 3. The molecule has 1 saturated heterocycles. The maximum atomic E-state index is 13.7. The maximum Gasteiger partial charge on any atom is 0.224 e. The molecule has 1 aliphatic rings. The molecule has 0 atom stereocenters. The van der Waals surface area contributed by atoms with Gasteiger partial charge in [0.25, 0.3) is 0 Å². The van der Waals surface area contributed by atoms with Gasteiger partial charge >= 0.3 is 0 Å². The fourth-order valence-electron chi connectivity index (χ4n) is 4.00. The topological polar surface area (TPSA) is 92.0 Å². The lowest BCUT2D eigenvalue weighted by atomic mass is 10.1. The molecule has 4 N–H and O–H groups in total. The normalized spacial score (nSPS) is 13.9. The van der Waals surface area contributed by atoms with Gasteiger partial charge in [0.15, 0.2) is 0 Å². The van der Waals surface area contributed by atoms with E-state index in [-0.39, 0.29) is 18.1 Å². The van der Waals surface area contributed by atoms with Gasteiger partial charge in [0.05, 0.1) is 13.2 Å². The predicted octanol–water partition coefficient (Wildman–Crippen LogP) is 5.19. The smallest absolute Gasteiger partial charge is 0.224 e. The number of benzene rings is 3. The van der Waals surface area contributed by atoms with Gasteiger partial charge in [-0.05, 0) is 66.1 Å². The molecule has 8 heteroatoms. The van der Waals surface area contributed by atoms with E-state index < -0.39 is 0 Å². The number of morpholine rings is 1. The van der Waals surface area contributed by atoms with Crippen LogP contribution in [0, 0.1) is 5.82 Å². The monoisotopic (exact) mass is 513 g/mol. The number of hydrogen-bond acceptors (Lipinski definition) is 6. The Labute approximate surface area is 222 Å². The van der Waals surface area contributed by atoms with Crippen molar-refractivity contribution < 1.29 is 13.9 Å². The third kappa shape index (κ3) is 7.78. The minimum absolute atomic E-state index is 0.182. The van der Waals surface area contributed by atoms with Gasteiger partial charge < -0.3 is 26.0 Å². The van der Waals surface area contributed by atoms with Gasteiger partial charge in [0.2, 0.25) is 5.91 Å². The molecular formula is C30H32FN5O2. The van der Waals surface area contributed by atoms with Gasteiger partial charge in [-0.1, -0.05) is 36.9 Å². The number of aryl methyl sites for hydroxylation is 1. The summed E-state index contributed by atoms with van der Waals surface area (Å²) in [5, 5.41) is 5.99. The number of carbonyl (C=O) groups excluding carboxylic acids is 1. The van der Waals surface area contributed by atoms with Gasteiger partial charge in [0, 0.05) is 48.5 Å². The summed E-state index contributed by atoms with van der Waals surface area (Å²) in [5.41, 5.74) is 10.7. The molecule has 7 nitrogen and oxygen atoms in total. The molecule has 1 aliphatic heterocycles. The molecule has 0 aliphatic carbocycles. The van der Waals surface area contributed by atoms with Gasteiger partial charge in [0.1, 0.15) is 11.6 Å². The fraction of sp³-hybridized carbons (Fsp3) is 0.200. The first-order valence-electron chi connectivity index (χ1n) is 12.5. The molecule has 0 radical (unpaired) electrons. The Kier molecular flexibility index (Phi) is 9.26. The molecule has 38 heavy (non-hydrogen) atoms. The summed E-state index contributed by atoms with van der Waals surface area (Å²) in [6.07, 6.45) is 3.81. The number of allylic oxidation sites excluding steroid dienone is 1. The second kappa shape index (κ2) is 13.2. The zero-order valence-electron chi connectivity index (χ0n) is 21.2. The minimum atomic E-state index is -0.298. The molecule has 4 rings (SSSR count). The van der Waals surface area contributed by atoms with Gasteiger partial charge in [-0.3, -0.25) is 4.79 Å². The molecule has 3 aromatic carbocycles. The van der Waals surface area contributed by atoms with E-state index in [1.807, 2.05) is 24.3 Å². The lowest BCUT2D eigenvalue weighted by Gasteiger charge is -2.28. The van der Waals surface area contributed by atoms with Crippen LogP contribution in [0.3, 0.4) is 0 Å². The predicted molar refractivity (Wildman–Crippen MR) is 153 cm³/mol. The van der Waals surface area contributed by atoms with Crippen LogP contribution in [0.15, 0.2) is 96.3 Å². The quantitative estimate of drug-likeness (QED) is 0.325. The SMILES string of the molecule is C=C(/N=C\C=C(/N)c1ccc(NC(=O)CCc2ccccc2F)cc1)Nc1ccc(N2CCOCC2)cc1. The second-order valence-electron chi connectivity index (χ2n) is 8.84. The lowest BCUT2D eigenvalue weighted by Crippen LogP contribution is -2.36. The first-order valence-corrected chi connectivity index (χ1v) is 12.5. The van der Waals surface area contributed by atoms with E-state index in [4.69, 9.17) is 10.5 Å². The Balaban J connectivity index is 1.24. The molecule has 196 valence electrons. The first-order chi connectivity index (χ1) is 18.5. The number of ether oxygens (including phenoxy) is 1. The molecule has 3 aromatic rings. The van der Waals surface area contributed by atoms with Crippen LogP contribution in [-0.4, -0.2) is 38.4 Å². The summed E-state index contributed by atoms with van der Waals surface area (Å²) in [4.78, 5) is 18.8. The summed E-state index contributed by atoms with van der Waals surface area (Å²) in [7, 11) is 0. The Morgan fingerprint density at radius 2 is 1.66 bits per heavy atom. The highest BCUT2D eigenvalue weighted by atomic mass is 19.1. The average Bonchev–Trinajstić information content (AvgIpc) is 2.94. The van der Waals surface area contributed by atoms with Crippen LogP contribution in [0.2, 0.25) is 0 Å². The van der Waals surface area contributed by atoms with Crippen molar-refractivity contribution in [3.05, 3.63) is 108 Å². The highest BCUT2D eigenvalue weighted by molar-refractivity contribution is 5.91. The number of amides is 1. The standard InChI is InChI=1S/C30H32FN5O2/c1-22(34-25-11-13-27(14-12-25)36-18-20-38-21-19-36)33-17-16-29(32)24-6-9-26(10-7-24)35-30(37)15-8-23-4-2-3-5-28(23)31/h2-7,9-14,16-17,34H,1,8,15,18-21,32H2,(H,35,37)/b29-16-,33-17-. The summed E-state index contributed by atoms with van der Waals surface area (Å²) < 4.78 is 19.1. The van der Waals surface area contributed by atoms with E-state index in [0.717, 1.165) is 43.2 Å². The molecule has 1 amide bonds. The molecule has 0 bridgehead atoms. The Bertz CT molecular complexity index is 1300. The van der Waals surface area contributed by atoms with Crippen LogP contribution in [-0.2, 0) is 16.0 Å². The van der Waals surface area contributed by atoms with E-state index in [1.54, 1.807) is 42.6 Å². The van der Waals surface area contributed by atoms with E-state index in [9.17, 15) is 9.18 Å². The molecule has 0 saturated carbocycles. The summed E-state index contributed by atoms with van der Waals surface area (Å²) >= 11 is 0. The van der Waals surface area contributed by atoms with E-state index in [2.05, 4.69) is 39.2 Å². The molecule has 0 aromatic heterocycles. The van der Waals surface area contributed by atoms with Crippen molar-refractivity contribution in [3.8, 4) is 0 Å². The number of hydrogen-bond donors (Lipinski definition) is 3. The number of nitrogens with zero attached hydrogens (tertiary/aromatic N) is 2. The lowest BCUT2D eigenvalue weighted by molar-refractivity contribution is -0.116. The van der Waals surface area contributed by atoms with Gasteiger partial charge in [-0.25, -0.2) is 9.38 Å². The Hall–Kier alpha value is -4.43. The van der Waals surface area contributed by atoms with Crippen LogP contribution in [0.4, 0.5) is 21.5 Å². The maximum absolute atomic E-state index is 13.7.